The lowest BCUT2D eigenvalue weighted by molar-refractivity contribution is -0.140. The third kappa shape index (κ3) is 6.17. The van der Waals surface area contributed by atoms with Gasteiger partial charge in [0.2, 0.25) is 0 Å². The fourth-order valence-corrected chi connectivity index (χ4v) is 4.05. The smallest absolute Gasteiger partial charge is 0.305 e. The van der Waals surface area contributed by atoms with Crippen LogP contribution < -0.4 is 5.32 Å². The van der Waals surface area contributed by atoms with Crippen LogP contribution in [0.25, 0.3) is 5.69 Å². The van der Waals surface area contributed by atoms with Gasteiger partial charge in [-0.2, -0.15) is 5.10 Å². The minimum atomic E-state index is -0.226. The zero-order valence-electron chi connectivity index (χ0n) is 19.7. The molecule has 2 heterocycles. The van der Waals surface area contributed by atoms with Gasteiger partial charge in [0.15, 0.2) is 0 Å². The Hall–Kier alpha value is -2.71. The predicted molar refractivity (Wildman–Crippen MR) is 124 cm³/mol. The molecule has 0 saturated carbocycles. The van der Waals surface area contributed by atoms with Crippen molar-refractivity contribution in [3.8, 4) is 5.69 Å². The summed E-state index contributed by atoms with van der Waals surface area (Å²) >= 11 is 0. The Morgan fingerprint density at radius 1 is 1.09 bits per heavy atom. The van der Waals surface area contributed by atoms with E-state index in [2.05, 4.69) is 27.3 Å². The average Bonchev–Trinajstić information content (AvgIpc) is 3.09. The van der Waals surface area contributed by atoms with Gasteiger partial charge in [-0.3, -0.25) is 9.59 Å². The van der Waals surface area contributed by atoms with E-state index in [1.54, 1.807) is 0 Å². The molecule has 1 saturated heterocycles. The van der Waals surface area contributed by atoms with Crippen LogP contribution in [0.4, 0.5) is 0 Å². The highest BCUT2D eigenvalue weighted by Gasteiger charge is 2.15. The second kappa shape index (κ2) is 11.2. The first kappa shape index (κ1) is 23.9. The van der Waals surface area contributed by atoms with Gasteiger partial charge in [0.25, 0.3) is 5.91 Å². The molecule has 1 fully saturated rings. The van der Waals surface area contributed by atoms with Gasteiger partial charge in [-0.05, 0) is 70.1 Å². The summed E-state index contributed by atoms with van der Waals surface area (Å²) in [5, 5.41) is 7.65. The van der Waals surface area contributed by atoms with Crippen molar-refractivity contribution >= 4 is 11.9 Å². The lowest BCUT2D eigenvalue weighted by Gasteiger charge is -2.32. The second-order valence-corrected chi connectivity index (χ2v) is 8.44. The van der Waals surface area contributed by atoms with Gasteiger partial charge in [-0.25, -0.2) is 4.68 Å². The molecule has 3 rings (SSSR count). The van der Waals surface area contributed by atoms with E-state index in [1.165, 1.54) is 7.11 Å². The van der Waals surface area contributed by atoms with E-state index >= 15 is 0 Å². The molecule has 1 N–H and O–H groups in total. The van der Waals surface area contributed by atoms with Crippen molar-refractivity contribution in [3.63, 3.8) is 0 Å². The van der Waals surface area contributed by atoms with Gasteiger partial charge < -0.3 is 19.9 Å². The zero-order valence-corrected chi connectivity index (χ0v) is 19.7. The van der Waals surface area contributed by atoms with E-state index < -0.39 is 0 Å². The average molecular weight is 442 g/mol. The number of hydrogen-bond acceptors (Lipinski definition) is 6. The maximum Gasteiger partial charge on any atom is 0.305 e. The third-order valence-electron chi connectivity index (χ3n) is 6.15. The summed E-state index contributed by atoms with van der Waals surface area (Å²) in [7, 11) is 3.55. The van der Waals surface area contributed by atoms with E-state index in [-0.39, 0.29) is 11.9 Å². The molecule has 0 unspecified atom stereocenters. The molecule has 1 amide bonds. The molecule has 8 nitrogen and oxygen atoms in total. The molecule has 1 aliphatic heterocycles. The van der Waals surface area contributed by atoms with Crippen molar-refractivity contribution in [2.45, 2.75) is 33.1 Å². The number of amides is 1. The Bertz CT molecular complexity index is 914. The summed E-state index contributed by atoms with van der Waals surface area (Å²) in [4.78, 5) is 28.8. The predicted octanol–water partition coefficient (Wildman–Crippen LogP) is 1.96. The largest absolute Gasteiger partial charge is 0.469 e. The van der Waals surface area contributed by atoms with Crippen LogP contribution in [0.15, 0.2) is 24.3 Å². The molecular formula is C24H35N5O3. The Balaban J connectivity index is 1.52. The van der Waals surface area contributed by atoms with Crippen molar-refractivity contribution in [1.29, 1.82) is 0 Å². The molecule has 2 aromatic rings. The van der Waals surface area contributed by atoms with Crippen LogP contribution >= 0.6 is 0 Å². The topological polar surface area (TPSA) is 79.7 Å². The van der Waals surface area contributed by atoms with Gasteiger partial charge in [0, 0.05) is 50.4 Å². The quantitative estimate of drug-likeness (QED) is 0.473. The fraction of sp³-hybridized carbons (Fsp3) is 0.542. The van der Waals surface area contributed by atoms with Gasteiger partial charge in [-0.1, -0.05) is 0 Å². The van der Waals surface area contributed by atoms with E-state index in [1.807, 2.05) is 42.8 Å². The monoisotopic (exact) mass is 441 g/mol. The Labute approximate surface area is 190 Å². The van der Waals surface area contributed by atoms with E-state index in [9.17, 15) is 9.59 Å². The third-order valence-corrected chi connectivity index (χ3v) is 6.15. The highest BCUT2D eigenvalue weighted by atomic mass is 16.5. The number of ether oxygens (including phenoxy) is 1. The van der Waals surface area contributed by atoms with Crippen LogP contribution in [0.2, 0.25) is 0 Å². The first-order valence-corrected chi connectivity index (χ1v) is 11.3. The number of nitrogens with zero attached hydrogens (tertiary/aromatic N) is 4. The molecule has 1 aromatic heterocycles. The maximum absolute atomic E-state index is 12.5. The summed E-state index contributed by atoms with van der Waals surface area (Å²) < 4.78 is 6.60. The Morgan fingerprint density at radius 3 is 2.44 bits per heavy atom. The van der Waals surface area contributed by atoms with Crippen molar-refractivity contribution in [1.82, 2.24) is 24.9 Å². The van der Waals surface area contributed by atoms with Crippen molar-refractivity contribution in [2.75, 3.05) is 53.4 Å². The summed E-state index contributed by atoms with van der Waals surface area (Å²) in [5.41, 5.74) is 4.47. The standard InChI is InChI=1S/C24H35N5O3/c1-18-22(10-11-23(30)32-4)19(2)29(26-18)21-8-6-20(7-9-21)24(31)25-12-5-13-28-16-14-27(3)15-17-28/h6-9H,5,10-17H2,1-4H3,(H,25,31). The van der Waals surface area contributed by atoms with Gasteiger partial charge in [0.1, 0.15) is 0 Å². The van der Waals surface area contributed by atoms with E-state index in [4.69, 9.17) is 4.74 Å². The summed E-state index contributed by atoms with van der Waals surface area (Å²) in [6.07, 6.45) is 1.88. The van der Waals surface area contributed by atoms with Gasteiger partial charge in [0.05, 0.1) is 18.5 Å². The summed E-state index contributed by atoms with van der Waals surface area (Å²) in [6.45, 7) is 10.1. The van der Waals surface area contributed by atoms with Crippen molar-refractivity contribution < 1.29 is 14.3 Å². The van der Waals surface area contributed by atoms with Crippen LogP contribution in [-0.4, -0.2) is 84.9 Å². The Morgan fingerprint density at radius 2 is 1.78 bits per heavy atom. The van der Waals surface area contributed by atoms with Crippen LogP contribution in [0.1, 0.15) is 40.2 Å². The van der Waals surface area contributed by atoms with Crippen molar-refractivity contribution in [2.24, 2.45) is 0 Å². The summed E-state index contributed by atoms with van der Waals surface area (Å²) in [5.74, 6) is -0.280. The van der Waals surface area contributed by atoms with Crippen LogP contribution in [-0.2, 0) is 16.0 Å². The normalized spacial score (nSPS) is 15.0. The number of methoxy groups -OCH3 is 1. The molecule has 0 spiro atoms. The number of piperazine rings is 1. The number of carbonyl (C=O) groups is 2. The minimum Gasteiger partial charge on any atom is -0.469 e. The molecule has 32 heavy (non-hydrogen) atoms. The lowest BCUT2D eigenvalue weighted by atomic mass is 10.1. The molecule has 174 valence electrons. The van der Waals surface area contributed by atoms with Gasteiger partial charge >= 0.3 is 5.97 Å². The molecule has 0 atom stereocenters. The minimum absolute atomic E-state index is 0.0536. The number of carbonyl (C=O) groups excluding carboxylic acids is 2. The highest BCUT2D eigenvalue weighted by Crippen LogP contribution is 2.20. The van der Waals surface area contributed by atoms with Crippen LogP contribution in [0.5, 0.6) is 0 Å². The van der Waals surface area contributed by atoms with Gasteiger partial charge in [-0.15, -0.1) is 0 Å². The number of hydrogen-bond donors (Lipinski definition) is 1. The number of aromatic nitrogens is 2. The number of likely N-dealkylation sites (N-methyl/N-ethyl adjacent to an activating group) is 1. The van der Waals surface area contributed by atoms with Crippen LogP contribution in [0, 0.1) is 13.8 Å². The number of rotatable bonds is 9. The number of esters is 1. The first-order chi connectivity index (χ1) is 15.4. The molecule has 0 bridgehead atoms. The highest BCUT2D eigenvalue weighted by molar-refractivity contribution is 5.94. The Kier molecular flexibility index (Phi) is 8.41. The maximum atomic E-state index is 12.5. The zero-order chi connectivity index (χ0) is 23.1. The lowest BCUT2D eigenvalue weighted by Crippen LogP contribution is -2.45. The summed E-state index contributed by atoms with van der Waals surface area (Å²) in [6, 6.07) is 7.47. The van der Waals surface area contributed by atoms with E-state index in [0.717, 1.165) is 61.8 Å². The van der Waals surface area contributed by atoms with Crippen molar-refractivity contribution in [3.05, 3.63) is 46.8 Å². The number of nitrogens with one attached hydrogen (secondary N) is 1. The molecule has 8 heteroatoms. The first-order valence-electron chi connectivity index (χ1n) is 11.3. The molecule has 1 aromatic carbocycles. The second-order valence-electron chi connectivity index (χ2n) is 8.44. The van der Waals surface area contributed by atoms with Crippen LogP contribution in [0.3, 0.4) is 0 Å². The molecular weight excluding hydrogens is 406 g/mol. The van der Waals surface area contributed by atoms with E-state index in [0.29, 0.717) is 24.9 Å². The molecule has 1 aliphatic rings. The SMILES string of the molecule is COC(=O)CCc1c(C)nn(-c2ccc(C(=O)NCCCN3CCN(C)CC3)cc2)c1C. The fourth-order valence-electron chi connectivity index (χ4n) is 4.05. The number of benzene rings is 1. The number of aryl methyl sites for hydroxylation is 1. The molecule has 0 radical (unpaired) electrons. The molecule has 0 aliphatic carbocycles.